The number of amides is 2. The minimum absolute atomic E-state index is 0.109. The van der Waals surface area contributed by atoms with Gasteiger partial charge in [0.05, 0.1) is 27.8 Å². The van der Waals surface area contributed by atoms with Gasteiger partial charge in [-0.1, -0.05) is 41.9 Å². The number of ether oxygens (including phenoxy) is 3. The van der Waals surface area contributed by atoms with E-state index < -0.39 is 6.04 Å². The van der Waals surface area contributed by atoms with Crippen LogP contribution in [0.1, 0.15) is 23.6 Å². The average molecular weight is 525 g/mol. The Hall–Kier alpha value is -3.71. The summed E-state index contributed by atoms with van der Waals surface area (Å²) in [5, 5.41) is 3.57. The van der Waals surface area contributed by atoms with E-state index in [1.807, 2.05) is 42.5 Å². The molecule has 0 aliphatic carbocycles. The zero-order valence-electron chi connectivity index (χ0n) is 21.6. The number of hydrogen-bond acceptors (Lipinski definition) is 5. The summed E-state index contributed by atoms with van der Waals surface area (Å²) in [4.78, 5) is 28.1. The van der Waals surface area contributed by atoms with Gasteiger partial charge in [0.2, 0.25) is 11.8 Å². The van der Waals surface area contributed by atoms with E-state index in [2.05, 4.69) is 5.32 Å². The minimum atomic E-state index is -0.681. The standard InChI is InChI=1S/C29H33ClN2O5/c1-20(29(34)31-16-15-21-7-12-25(35-2)13-8-21)32(19-22-5-10-24(30)11-6-22)28(33)18-23-9-14-26(36-3)27(17-23)37-4/h5-14,17,20H,15-16,18-19H2,1-4H3,(H,31,34)/t20-/m0/s1. The maximum absolute atomic E-state index is 13.5. The monoisotopic (exact) mass is 524 g/mol. The molecule has 196 valence electrons. The van der Waals surface area contributed by atoms with Gasteiger partial charge >= 0.3 is 0 Å². The molecule has 3 aromatic rings. The Morgan fingerprint density at radius 1 is 0.838 bits per heavy atom. The molecular formula is C29H33ClN2O5. The normalized spacial score (nSPS) is 11.4. The Labute approximate surface area is 223 Å². The van der Waals surface area contributed by atoms with E-state index in [-0.39, 0.29) is 24.8 Å². The van der Waals surface area contributed by atoms with Crippen molar-refractivity contribution in [1.82, 2.24) is 10.2 Å². The van der Waals surface area contributed by atoms with E-state index in [0.29, 0.717) is 29.5 Å². The van der Waals surface area contributed by atoms with E-state index in [4.69, 9.17) is 25.8 Å². The van der Waals surface area contributed by atoms with Crippen LogP contribution < -0.4 is 19.5 Å². The highest BCUT2D eigenvalue weighted by atomic mass is 35.5. The lowest BCUT2D eigenvalue weighted by Crippen LogP contribution is -2.48. The predicted molar refractivity (Wildman–Crippen MR) is 144 cm³/mol. The number of benzene rings is 3. The lowest BCUT2D eigenvalue weighted by molar-refractivity contribution is -0.140. The summed E-state index contributed by atoms with van der Waals surface area (Å²) in [6, 6.07) is 19.6. The molecule has 7 nitrogen and oxygen atoms in total. The summed E-state index contributed by atoms with van der Waals surface area (Å²) < 4.78 is 15.9. The zero-order chi connectivity index (χ0) is 26.8. The lowest BCUT2D eigenvalue weighted by Gasteiger charge is -2.29. The van der Waals surface area contributed by atoms with Gasteiger partial charge in [-0.05, 0) is 66.4 Å². The second-order valence-electron chi connectivity index (χ2n) is 8.58. The molecule has 0 aromatic heterocycles. The topological polar surface area (TPSA) is 77.1 Å². The Kier molecular flexibility index (Phi) is 10.2. The number of halogens is 1. The first-order valence-electron chi connectivity index (χ1n) is 12.0. The SMILES string of the molecule is COc1ccc(CCNC(=O)[C@H](C)N(Cc2ccc(Cl)cc2)C(=O)Cc2ccc(OC)c(OC)c2)cc1. The second kappa shape index (κ2) is 13.6. The van der Waals surface area contributed by atoms with Gasteiger partial charge in [-0.3, -0.25) is 9.59 Å². The lowest BCUT2D eigenvalue weighted by atomic mass is 10.1. The van der Waals surface area contributed by atoms with Crippen LogP contribution >= 0.6 is 11.6 Å². The van der Waals surface area contributed by atoms with Crippen molar-refractivity contribution in [1.29, 1.82) is 0 Å². The molecule has 0 radical (unpaired) electrons. The molecule has 2 amide bonds. The number of carbonyl (C=O) groups is 2. The molecule has 0 bridgehead atoms. The molecule has 0 saturated heterocycles. The van der Waals surface area contributed by atoms with Crippen LogP contribution in [0.3, 0.4) is 0 Å². The largest absolute Gasteiger partial charge is 0.497 e. The van der Waals surface area contributed by atoms with Crippen molar-refractivity contribution in [3.05, 3.63) is 88.4 Å². The van der Waals surface area contributed by atoms with Crippen LogP contribution in [0.4, 0.5) is 0 Å². The fourth-order valence-corrected chi connectivity index (χ4v) is 4.03. The number of rotatable bonds is 12. The number of methoxy groups -OCH3 is 3. The highest BCUT2D eigenvalue weighted by Crippen LogP contribution is 2.28. The van der Waals surface area contributed by atoms with Crippen molar-refractivity contribution in [3.63, 3.8) is 0 Å². The van der Waals surface area contributed by atoms with Crippen molar-refractivity contribution >= 4 is 23.4 Å². The van der Waals surface area contributed by atoms with E-state index in [0.717, 1.165) is 22.4 Å². The number of nitrogens with one attached hydrogen (secondary N) is 1. The number of nitrogens with zero attached hydrogens (tertiary/aromatic N) is 1. The first kappa shape index (κ1) is 27.9. The van der Waals surface area contributed by atoms with Crippen molar-refractivity contribution in [2.45, 2.75) is 32.4 Å². The van der Waals surface area contributed by atoms with E-state index in [1.165, 1.54) is 0 Å². The van der Waals surface area contributed by atoms with Crippen LogP contribution in [-0.2, 0) is 29.0 Å². The molecule has 0 unspecified atom stereocenters. The Balaban J connectivity index is 1.71. The molecule has 3 rings (SSSR count). The second-order valence-corrected chi connectivity index (χ2v) is 9.02. The molecule has 1 N–H and O–H groups in total. The summed E-state index contributed by atoms with van der Waals surface area (Å²) >= 11 is 6.04. The summed E-state index contributed by atoms with van der Waals surface area (Å²) in [6.07, 6.45) is 0.774. The molecule has 3 aromatic carbocycles. The Morgan fingerprint density at radius 2 is 1.46 bits per heavy atom. The molecule has 0 aliphatic heterocycles. The first-order valence-corrected chi connectivity index (χ1v) is 12.4. The summed E-state index contributed by atoms with van der Waals surface area (Å²) in [6.45, 7) is 2.47. The highest BCUT2D eigenvalue weighted by molar-refractivity contribution is 6.30. The first-order chi connectivity index (χ1) is 17.8. The molecular weight excluding hydrogens is 492 g/mol. The molecule has 0 spiro atoms. The maximum Gasteiger partial charge on any atom is 0.242 e. The van der Waals surface area contributed by atoms with Gasteiger partial charge in [0.1, 0.15) is 11.8 Å². The molecule has 0 fully saturated rings. The molecule has 0 saturated carbocycles. The fourth-order valence-electron chi connectivity index (χ4n) is 3.91. The van der Waals surface area contributed by atoms with Crippen molar-refractivity contribution in [2.24, 2.45) is 0 Å². The maximum atomic E-state index is 13.5. The fraction of sp³-hybridized carbons (Fsp3) is 0.310. The Morgan fingerprint density at radius 3 is 2.08 bits per heavy atom. The molecule has 1 atom stereocenters. The summed E-state index contributed by atoms with van der Waals surface area (Å²) in [5.74, 6) is 1.51. The van der Waals surface area contributed by atoms with E-state index >= 15 is 0 Å². The van der Waals surface area contributed by atoms with Crippen LogP contribution in [-0.4, -0.2) is 50.6 Å². The van der Waals surface area contributed by atoms with Gasteiger partial charge in [0.25, 0.3) is 0 Å². The van der Waals surface area contributed by atoms with Crippen molar-refractivity contribution < 1.29 is 23.8 Å². The quantitative estimate of drug-likeness (QED) is 0.372. The van der Waals surface area contributed by atoms with Crippen LogP contribution in [0.5, 0.6) is 17.2 Å². The number of hydrogen-bond donors (Lipinski definition) is 1. The van der Waals surface area contributed by atoms with Crippen molar-refractivity contribution in [3.8, 4) is 17.2 Å². The Bertz CT molecular complexity index is 1180. The van der Waals surface area contributed by atoms with Crippen LogP contribution in [0.15, 0.2) is 66.7 Å². The van der Waals surface area contributed by atoms with Gasteiger partial charge < -0.3 is 24.4 Å². The van der Waals surface area contributed by atoms with Crippen LogP contribution in [0, 0.1) is 0 Å². The highest BCUT2D eigenvalue weighted by Gasteiger charge is 2.26. The number of carbonyl (C=O) groups excluding carboxylic acids is 2. The van der Waals surface area contributed by atoms with Gasteiger partial charge in [-0.2, -0.15) is 0 Å². The van der Waals surface area contributed by atoms with Crippen LogP contribution in [0.25, 0.3) is 0 Å². The summed E-state index contributed by atoms with van der Waals surface area (Å²) in [5.41, 5.74) is 2.72. The third kappa shape index (κ3) is 7.89. The third-order valence-corrected chi connectivity index (χ3v) is 6.36. The van der Waals surface area contributed by atoms with Gasteiger partial charge in [0, 0.05) is 18.1 Å². The van der Waals surface area contributed by atoms with Crippen LogP contribution in [0.2, 0.25) is 5.02 Å². The smallest absolute Gasteiger partial charge is 0.242 e. The van der Waals surface area contributed by atoms with E-state index in [9.17, 15) is 9.59 Å². The molecule has 0 heterocycles. The van der Waals surface area contributed by atoms with Gasteiger partial charge in [-0.15, -0.1) is 0 Å². The average Bonchev–Trinajstić information content (AvgIpc) is 2.92. The predicted octanol–water partition coefficient (Wildman–Crippen LogP) is 4.68. The molecule has 0 aliphatic rings. The van der Waals surface area contributed by atoms with Gasteiger partial charge in [-0.25, -0.2) is 0 Å². The third-order valence-electron chi connectivity index (χ3n) is 6.11. The summed E-state index contributed by atoms with van der Waals surface area (Å²) in [7, 11) is 4.74. The van der Waals surface area contributed by atoms with E-state index in [1.54, 1.807) is 57.4 Å². The minimum Gasteiger partial charge on any atom is -0.497 e. The zero-order valence-corrected chi connectivity index (χ0v) is 22.4. The van der Waals surface area contributed by atoms with Gasteiger partial charge in [0.15, 0.2) is 11.5 Å². The molecule has 8 heteroatoms. The molecule has 37 heavy (non-hydrogen) atoms. The van der Waals surface area contributed by atoms with Crippen molar-refractivity contribution in [2.75, 3.05) is 27.9 Å².